The van der Waals surface area contributed by atoms with Crippen LogP contribution in [0.5, 0.6) is 0 Å². The van der Waals surface area contributed by atoms with Crippen molar-refractivity contribution in [1.82, 2.24) is 4.90 Å². The van der Waals surface area contributed by atoms with Gasteiger partial charge in [0.05, 0.1) is 12.6 Å². The molecule has 0 radical (unpaired) electrons. The molecule has 1 aliphatic carbocycles. The van der Waals surface area contributed by atoms with E-state index in [0.29, 0.717) is 18.3 Å². The number of hydrogen-bond acceptors (Lipinski definition) is 3. The molecule has 100 valence electrons. The van der Waals surface area contributed by atoms with Crippen LogP contribution in [0.15, 0.2) is 0 Å². The molecule has 17 heavy (non-hydrogen) atoms. The number of likely N-dealkylation sites (N-methyl/N-ethyl adjacent to an activating group) is 1. The molecular weight excluding hydrogens is 216 g/mol. The molecule has 1 aliphatic rings. The summed E-state index contributed by atoms with van der Waals surface area (Å²) in [6.07, 6.45) is 5.18. The van der Waals surface area contributed by atoms with Gasteiger partial charge < -0.3 is 15.7 Å². The molecule has 1 saturated carbocycles. The molecule has 0 aliphatic heterocycles. The molecule has 0 aromatic heterocycles. The van der Waals surface area contributed by atoms with Crippen molar-refractivity contribution >= 4 is 5.91 Å². The Morgan fingerprint density at radius 2 is 1.88 bits per heavy atom. The van der Waals surface area contributed by atoms with Crippen molar-refractivity contribution in [2.75, 3.05) is 20.2 Å². The summed E-state index contributed by atoms with van der Waals surface area (Å²) >= 11 is 0. The van der Waals surface area contributed by atoms with Crippen LogP contribution in [0, 0.1) is 11.8 Å². The standard InChI is InChI=1S/C13H26N2O2/c1-10(9-16)15(2)13(17)7-11-3-5-12(8-14)6-4-11/h10-12,16H,3-9,14H2,1-2H3. The van der Waals surface area contributed by atoms with Gasteiger partial charge in [-0.2, -0.15) is 0 Å². The molecule has 1 unspecified atom stereocenters. The van der Waals surface area contributed by atoms with Crippen LogP contribution in [-0.2, 0) is 4.79 Å². The maximum Gasteiger partial charge on any atom is 0.222 e. The monoisotopic (exact) mass is 242 g/mol. The number of nitrogens with zero attached hydrogens (tertiary/aromatic N) is 1. The highest BCUT2D eigenvalue weighted by molar-refractivity contribution is 5.76. The van der Waals surface area contributed by atoms with Gasteiger partial charge in [-0.3, -0.25) is 4.79 Å². The minimum Gasteiger partial charge on any atom is -0.394 e. The minimum absolute atomic E-state index is 0.0299. The van der Waals surface area contributed by atoms with Crippen molar-refractivity contribution in [2.24, 2.45) is 17.6 Å². The van der Waals surface area contributed by atoms with Gasteiger partial charge in [0.2, 0.25) is 5.91 Å². The Morgan fingerprint density at radius 3 is 2.35 bits per heavy atom. The third kappa shape index (κ3) is 4.28. The number of rotatable bonds is 5. The van der Waals surface area contributed by atoms with E-state index in [9.17, 15) is 4.79 Å². The minimum atomic E-state index is -0.0807. The van der Waals surface area contributed by atoms with Gasteiger partial charge in [-0.05, 0) is 51.0 Å². The maximum absolute atomic E-state index is 12.0. The zero-order chi connectivity index (χ0) is 12.8. The molecule has 0 heterocycles. The summed E-state index contributed by atoms with van der Waals surface area (Å²) in [5.41, 5.74) is 5.65. The maximum atomic E-state index is 12.0. The predicted octanol–water partition coefficient (Wildman–Crippen LogP) is 0.981. The van der Waals surface area contributed by atoms with Crippen molar-refractivity contribution in [3.8, 4) is 0 Å². The smallest absolute Gasteiger partial charge is 0.222 e. The Labute approximate surface area is 104 Å². The Kier molecular flexibility index (Phi) is 5.92. The number of nitrogens with two attached hydrogens (primary N) is 1. The quantitative estimate of drug-likeness (QED) is 0.755. The summed E-state index contributed by atoms with van der Waals surface area (Å²) < 4.78 is 0. The molecule has 4 nitrogen and oxygen atoms in total. The number of amides is 1. The molecule has 4 heteroatoms. The van der Waals surface area contributed by atoms with Crippen molar-refractivity contribution in [3.63, 3.8) is 0 Å². The van der Waals surface area contributed by atoms with Gasteiger partial charge in [0.15, 0.2) is 0 Å². The van der Waals surface area contributed by atoms with Crippen LogP contribution in [0.3, 0.4) is 0 Å². The normalized spacial score (nSPS) is 26.6. The van der Waals surface area contributed by atoms with E-state index in [2.05, 4.69) is 0 Å². The second-order valence-corrected chi connectivity index (χ2v) is 5.36. The molecule has 0 aromatic rings. The van der Waals surface area contributed by atoms with Crippen molar-refractivity contribution in [3.05, 3.63) is 0 Å². The zero-order valence-corrected chi connectivity index (χ0v) is 11.1. The molecule has 0 saturated heterocycles. The SMILES string of the molecule is CC(CO)N(C)C(=O)CC1CCC(CN)CC1. The van der Waals surface area contributed by atoms with E-state index >= 15 is 0 Å². The second-order valence-electron chi connectivity index (χ2n) is 5.36. The molecule has 3 N–H and O–H groups in total. The number of carbonyl (C=O) groups is 1. The van der Waals surface area contributed by atoms with Gasteiger partial charge in [0.1, 0.15) is 0 Å². The summed E-state index contributed by atoms with van der Waals surface area (Å²) in [4.78, 5) is 13.6. The molecule has 1 rings (SSSR count). The molecule has 1 amide bonds. The average Bonchev–Trinajstić information content (AvgIpc) is 2.37. The number of hydrogen-bond donors (Lipinski definition) is 2. The third-order valence-electron chi connectivity index (χ3n) is 4.08. The van der Waals surface area contributed by atoms with Crippen LogP contribution in [0.25, 0.3) is 0 Å². The van der Waals surface area contributed by atoms with Crippen LogP contribution in [-0.4, -0.2) is 42.2 Å². The fourth-order valence-corrected chi connectivity index (χ4v) is 2.43. The Bertz CT molecular complexity index is 238. The summed E-state index contributed by atoms with van der Waals surface area (Å²) in [6, 6.07) is -0.0807. The predicted molar refractivity (Wildman–Crippen MR) is 68.4 cm³/mol. The van der Waals surface area contributed by atoms with Crippen LogP contribution in [0.4, 0.5) is 0 Å². The lowest BCUT2D eigenvalue weighted by Gasteiger charge is -2.30. The number of aliphatic hydroxyl groups excluding tert-OH is 1. The fourth-order valence-electron chi connectivity index (χ4n) is 2.43. The highest BCUT2D eigenvalue weighted by Gasteiger charge is 2.24. The van der Waals surface area contributed by atoms with Crippen LogP contribution >= 0.6 is 0 Å². The van der Waals surface area contributed by atoms with Crippen LogP contribution < -0.4 is 5.73 Å². The van der Waals surface area contributed by atoms with E-state index in [0.717, 1.165) is 32.2 Å². The highest BCUT2D eigenvalue weighted by atomic mass is 16.3. The Hall–Kier alpha value is -0.610. The molecule has 1 fully saturated rings. The molecule has 0 spiro atoms. The summed E-state index contributed by atoms with van der Waals surface area (Å²) in [6.45, 7) is 2.67. The van der Waals surface area contributed by atoms with E-state index in [1.54, 1.807) is 11.9 Å². The molecular formula is C13H26N2O2. The Morgan fingerprint density at radius 1 is 1.35 bits per heavy atom. The van der Waals surface area contributed by atoms with Gasteiger partial charge >= 0.3 is 0 Å². The van der Waals surface area contributed by atoms with E-state index in [4.69, 9.17) is 10.8 Å². The van der Waals surface area contributed by atoms with Gasteiger partial charge in [-0.25, -0.2) is 0 Å². The van der Waals surface area contributed by atoms with Crippen molar-refractivity contribution in [1.29, 1.82) is 0 Å². The van der Waals surface area contributed by atoms with E-state index in [-0.39, 0.29) is 18.6 Å². The van der Waals surface area contributed by atoms with E-state index in [1.807, 2.05) is 6.92 Å². The largest absolute Gasteiger partial charge is 0.394 e. The van der Waals surface area contributed by atoms with E-state index in [1.165, 1.54) is 0 Å². The zero-order valence-electron chi connectivity index (χ0n) is 11.1. The van der Waals surface area contributed by atoms with Crippen LogP contribution in [0.2, 0.25) is 0 Å². The number of carbonyl (C=O) groups excluding carboxylic acids is 1. The number of aliphatic hydroxyl groups is 1. The molecule has 0 bridgehead atoms. The summed E-state index contributed by atoms with van der Waals surface area (Å²) in [7, 11) is 1.77. The molecule has 0 aromatic carbocycles. The van der Waals surface area contributed by atoms with Gasteiger partial charge in [-0.1, -0.05) is 0 Å². The van der Waals surface area contributed by atoms with Crippen LogP contribution in [0.1, 0.15) is 39.0 Å². The third-order valence-corrected chi connectivity index (χ3v) is 4.08. The fraction of sp³-hybridized carbons (Fsp3) is 0.923. The van der Waals surface area contributed by atoms with E-state index < -0.39 is 0 Å². The highest BCUT2D eigenvalue weighted by Crippen LogP contribution is 2.30. The first-order chi connectivity index (χ1) is 8.08. The van der Waals surface area contributed by atoms with Crippen molar-refractivity contribution < 1.29 is 9.90 Å². The molecule has 1 atom stereocenters. The average molecular weight is 242 g/mol. The van der Waals surface area contributed by atoms with Gasteiger partial charge in [0.25, 0.3) is 0 Å². The van der Waals surface area contributed by atoms with Crippen molar-refractivity contribution in [2.45, 2.75) is 45.1 Å². The Balaban J connectivity index is 2.32. The lowest BCUT2D eigenvalue weighted by Crippen LogP contribution is -2.38. The first kappa shape index (κ1) is 14.5. The first-order valence-electron chi connectivity index (χ1n) is 6.65. The van der Waals surface area contributed by atoms with Gasteiger partial charge in [-0.15, -0.1) is 0 Å². The summed E-state index contributed by atoms with van der Waals surface area (Å²) in [5.74, 6) is 1.33. The lowest BCUT2D eigenvalue weighted by atomic mass is 9.80. The summed E-state index contributed by atoms with van der Waals surface area (Å²) in [5, 5.41) is 9.02. The van der Waals surface area contributed by atoms with Gasteiger partial charge in [0, 0.05) is 13.5 Å². The lowest BCUT2D eigenvalue weighted by molar-refractivity contribution is -0.133. The first-order valence-corrected chi connectivity index (χ1v) is 6.65. The topological polar surface area (TPSA) is 66.6 Å². The second kappa shape index (κ2) is 6.97.